The van der Waals surface area contributed by atoms with Crippen LogP contribution >= 0.6 is 11.3 Å². The van der Waals surface area contributed by atoms with Gasteiger partial charge in [0.05, 0.1) is 25.5 Å². The van der Waals surface area contributed by atoms with Crippen molar-refractivity contribution in [1.29, 1.82) is 0 Å². The summed E-state index contributed by atoms with van der Waals surface area (Å²) in [4.78, 5) is 16.2. The largest absolute Gasteiger partial charge is 0.497 e. The molecule has 0 spiro atoms. The average molecular weight is 654 g/mol. The van der Waals surface area contributed by atoms with Crippen LogP contribution in [0.3, 0.4) is 0 Å². The average Bonchev–Trinajstić information content (AvgIpc) is 3.77. The molecule has 3 aromatic heterocycles. The van der Waals surface area contributed by atoms with Crippen molar-refractivity contribution in [3.63, 3.8) is 0 Å². The van der Waals surface area contributed by atoms with Crippen molar-refractivity contribution in [1.82, 2.24) is 24.7 Å². The van der Waals surface area contributed by atoms with E-state index >= 15 is 0 Å². The molecule has 1 saturated heterocycles. The minimum atomic E-state index is -1.84. The first-order valence-corrected chi connectivity index (χ1v) is 19.5. The normalized spacial score (nSPS) is 15.4. The molecule has 0 aliphatic carbocycles. The van der Waals surface area contributed by atoms with E-state index in [0.29, 0.717) is 12.5 Å². The van der Waals surface area contributed by atoms with Gasteiger partial charge in [-0.25, -0.2) is 15.0 Å². The standard InChI is InChI=1S/C35H43N7O2SSi/c1-24-15-17-36-33(37-24)39-34-38-31(23-45-34)30-22-42(20-25-11-13-28(43-5)14-12-25)40-32(30)26-9-8-10-27(19-26)41-18-16-29(21-41)44-46(6,7)35(2,3)4/h8-15,17,19,22-23,29H,16,18,20-21H2,1-7H3,(H,36,37,38,39). The van der Waals surface area contributed by atoms with E-state index in [-0.39, 0.29) is 11.1 Å². The molecular formula is C35H43N7O2SSi. The third kappa shape index (κ3) is 7.16. The van der Waals surface area contributed by atoms with Crippen LogP contribution in [0.15, 0.2) is 72.4 Å². The topological polar surface area (TPSA) is 90.2 Å². The lowest BCUT2D eigenvalue weighted by Gasteiger charge is -2.38. The van der Waals surface area contributed by atoms with Crippen LogP contribution in [0.4, 0.5) is 16.8 Å². The van der Waals surface area contributed by atoms with E-state index in [2.05, 4.69) is 102 Å². The molecule has 240 valence electrons. The molecule has 2 aromatic carbocycles. The molecule has 1 aliphatic rings. The molecule has 5 aromatic rings. The summed E-state index contributed by atoms with van der Waals surface area (Å²) in [5.41, 5.74) is 6.99. The molecule has 9 nitrogen and oxygen atoms in total. The maximum atomic E-state index is 6.78. The number of rotatable bonds is 10. The van der Waals surface area contributed by atoms with Gasteiger partial charge in [0.15, 0.2) is 13.4 Å². The summed E-state index contributed by atoms with van der Waals surface area (Å²) >= 11 is 1.52. The number of ether oxygens (including phenoxy) is 1. The van der Waals surface area contributed by atoms with Crippen molar-refractivity contribution < 1.29 is 9.16 Å². The van der Waals surface area contributed by atoms with E-state index in [9.17, 15) is 0 Å². The minimum Gasteiger partial charge on any atom is -0.497 e. The van der Waals surface area contributed by atoms with Crippen molar-refractivity contribution in [2.24, 2.45) is 0 Å². The summed E-state index contributed by atoms with van der Waals surface area (Å²) in [6, 6.07) is 18.7. The number of aryl methyl sites for hydroxylation is 1. The van der Waals surface area contributed by atoms with Crippen LogP contribution in [-0.2, 0) is 11.0 Å². The van der Waals surface area contributed by atoms with Gasteiger partial charge >= 0.3 is 0 Å². The lowest BCUT2D eigenvalue weighted by molar-refractivity contribution is 0.202. The van der Waals surface area contributed by atoms with Crippen LogP contribution < -0.4 is 15.0 Å². The summed E-state index contributed by atoms with van der Waals surface area (Å²) in [5, 5.41) is 11.4. The zero-order chi connectivity index (χ0) is 32.5. The molecule has 6 rings (SSSR count). The van der Waals surface area contributed by atoms with Gasteiger partial charge in [-0.05, 0) is 67.4 Å². The van der Waals surface area contributed by atoms with Gasteiger partial charge in [0.1, 0.15) is 11.4 Å². The van der Waals surface area contributed by atoms with Crippen molar-refractivity contribution in [3.8, 4) is 28.3 Å². The second-order valence-electron chi connectivity index (χ2n) is 13.4. The fraction of sp³-hybridized carbons (Fsp3) is 0.371. The zero-order valence-electron chi connectivity index (χ0n) is 27.7. The predicted octanol–water partition coefficient (Wildman–Crippen LogP) is 8.17. The minimum absolute atomic E-state index is 0.194. The summed E-state index contributed by atoms with van der Waals surface area (Å²) in [6.07, 6.45) is 5.13. The number of hydrogen-bond acceptors (Lipinski definition) is 9. The maximum Gasteiger partial charge on any atom is 0.229 e. The summed E-state index contributed by atoms with van der Waals surface area (Å²) in [5.74, 6) is 1.37. The van der Waals surface area contributed by atoms with E-state index in [1.54, 1.807) is 13.3 Å². The van der Waals surface area contributed by atoms with Crippen LogP contribution in [0.1, 0.15) is 38.4 Å². The summed E-state index contributed by atoms with van der Waals surface area (Å²) in [7, 11) is -0.154. The maximum absolute atomic E-state index is 6.78. The first-order valence-electron chi connectivity index (χ1n) is 15.7. The van der Waals surface area contributed by atoms with Gasteiger partial charge in [-0.1, -0.05) is 45.0 Å². The second kappa shape index (κ2) is 13.0. The lowest BCUT2D eigenvalue weighted by atomic mass is 10.1. The van der Waals surface area contributed by atoms with Crippen molar-refractivity contribution in [3.05, 3.63) is 83.6 Å². The number of methoxy groups -OCH3 is 1. The van der Waals surface area contributed by atoms with Crippen molar-refractivity contribution >= 4 is 36.4 Å². The van der Waals surface area contributed by atoms with Crippen LogP contribution in [0, 0.1) is 6.92 Å². The van der Waals surface area contributed by atoms with Crippen molar-refractivity contribution in [2.75, 3.05) is 30.4 Å². The van der Waals surface area contributed by atoms with Gasteiger partial charge in [-0.15, -0.1) is 11.3 Å². The lowest BCUT2D eigenvalue weighted by Crippen LogP contribution is -2.44. The molecule has 1 N–H and O–H groups in total. The van der Waals surface area contributed by atoms with E-state index in [4.69, 9.17) is 19.2 Å². The Kier molecular flexibility index (Phi) is 9.00. The van der Waals surface area contributed by atoms with Gasteiger partial charge in [-0.3, -0.25) is 4.68 Å². The highest BCUT2D eigenvalue weighted by atomic mass is 32.1. The van der Waals surface area contributed by atoms with Crippen LogP contribution in [-0.4, -0.2) is 59.4 Å². The molecule has 4 heterocycles. The van der Waals surface area contributed by atoms with Gasteiger partial charge in [0, 0.05) is 53.4 Å². The van der Waals surface area contributed by atoms with E-state index in [1.807, 2.05) is 29.8 Å². The molecule has 0 amide bonds. The Morgan fingerprint density at radius 1 is 1.07 bits per heavy atom. The van der Waals surface area contributed by atoms with E-state index in [0.717, 1.165) is 64.2 Å². The Morgan fingerprint density at radius 2 is 1.87 bits per heavy atom. The highest BCUT2D eigenvalue weighted by molar-refractivity contribution is 7.14. The molecule has 1 atom stereocenters. The molecular weight excluding hydrogens is 611 g/mol. The van der Waals surface area contributed by atoms with Crippen molar-refractivity contribution in [2.45, 2.75) is 64.9 Å². The summed E-state index contributed by atoms with van der Waals surface area (Å²) in [6.45, 7) is 16.0. The molecule has 1 fully saturated rings. The second-order valence-corrected chi connectivity index (χ2v) is 19.0. The first kappa shape index (κ1) is 31.9. The number of aromatic nitrogens is 5. The Morgan fingerprint density at radius 3 is 2.61 bits per heavy atom. The third-order valence-corrected chi connectivity index (χ3v) is 14.2. The molecule has 0 radical (unpaired) electrons. The monoisotopic (exact) mass is 653 g/mol. The molecule has 1 unspecified atom stereocenters. The molecule has 46 heavy (non-hydrogen) atoms. The number of nitrogens with one attached hydrogen (secondary N) is 1. The number of benzene rings is 2. The Bertz CT molecular complexity index is 1800. The Hall–Kier alpha value is -4.06. The van der Waals surface area contributed by atoms with Crippen LogP contribution in [0.25, 0.3) is 22.5 Å². The molecule has 0 bridgehead atoms. The zero-order valence-corrected chi connectivity index (χ0v) is 29.6. The number of anilines is 3. The highest BCUT2D eigenvalue weighted by Gasteiger charge is 2.40. The fourth-order valence-electron chi connectivity index (χ4n) is 5.38. The number of hydrogen-bond donors (Lipinski definition) is 1. The fourth-order valence-corrected chi connectivity index (χ4v) is 7.47. The smallest absolute Gasteiger partial charge is 0.229 e. The molecule has 11 heteroatoms. The molecule has 1 aliphatic heterocycles. The van der Waals surface area contributed by atoms with E-state index in [1.165, 1.54) is 17.0 Å². The number of nitrogens with zero attached hydrogens (tertiary/aromatic N) is 6. The third-order valence-electron chi connectivity index (χ3n) is 8.96. The van der Waals surface area contributed by atoms with Gasteiger partial charge < -0.3 is 19.4 Å². The Balaban J connectivity index is 1.29. The van der Waals surface area contributed by atoms with Crippen LogP contribution in [0.2, 0.25) is 18.1 Å². The molecule has 0 saturated carbocycles. The predicted molar refractivity (Wildman–Crippen MR) is 190 cm³/mol. The van der Waals surface area contributed by atoms with Crippen LogP contribution in [0.5, 0.6) is 5.75 Å². The highest BCUT2D eigenvalue weighted by Crippen LogP contribution is 2.39. The first-order chi connectivity index (χ1) is 22.0. The summed E-state index contributed by atoms with van der Waals surface area (Å²) < 4.78 is 14.1. The number of thiazole rings is 1. The van der Waals surface area contributed by atoms with Gasteiger partial charge in [0.2, 0.25) is 5.95 Å². The quantitative estimate of drug-likeness (QED) is 0.151. The van der Waals surface area contributed by atoms with Gasteiger partial charge in [0.25, 0.3) is 0 Å². The van der Waals surface area contributed by atoms with Gasteiger partial charge in [-0.2, -0.15) is 5.10 Å². The van der Waals surface area contributed by atoms with E-state index < -0.39 is 8.32 Å². The Labute approximate surface area is 276 Å². The SMILES string of the molecule is COc1ccc(Cn2cc(-c3csc(Nc4nccc(C)n4)n3)c(-c3cccc(N4CCC(O[Si](C)(C)C(C)(C)C)C4)c3)n2)cc1.